The predicted molar refractivity (Wildman–Crippen MR) is 71.4 cm³/mol. The maximum absolute atomic E-state index is 12.6. The van der Waals surface area contributed by atoms with Crippen molar-refractivity contribution in [2.24, 2.45) is 5.41 Å². The zero-order valence-electron chi connectivity index (χ0n) is 11.5. The molecule has 0 radical (unpaired) electrons. The van der Waals surface area contributed by atoms with Crippen LogP contribution in [0.4, 0.5) is 0 Å². The van der Waals surface area contributed by atoms with E-state index in [9.17, 15) is 4.79 Å². The fraction of sp³-hybridized carbons (Fsp3) is 0.929. The topological polar surface area (TPSA) is 35.6 Å². The number of hydrogen-bond acceptors (Lipinski definition) is 3. The predicted octanol–water partition coefficient (Wildman–Crippen LogP) is 0.683. The maximum Gasteiger partial charge on any atom is 0.229 e. The molecule has 4 heteroatoms. The number of amides is 1. The van der Waals surface area contributed by atoms with Gasteiger partial charge >= 0.3 is 0 Å². The summed E-state index contributed by atoms with van der Waals surface area (Å²) in [6.07, 6.45) is 4.85. The molecule has 3 fully saturated rings. The molecule has 0 aromatic rings. The second-order valence-corrected chi connectivity index (χ2v) is 6.42. The zero-order chi connectivity index (χ0) is 12.6. The Morgan fingerprint density at radius 1 is 1.28 bits per heavy atom. The Morgan fingerprint density at radius 2 is 2.06 bits per heavy atom. The lowest BCUT2D eigenvalue weighted by Crippen LogP contribution is -2.44. The minimum Gasteiger partial charge on any atom is -0.341 e. The third-order valence-electron chi connectivity index (χ3n) is 4.99. The van der Waals surface area contributed by atoms with E-state index in [4.69, 9.17) is 0 Å². The highest BCUT2D eigenvalue weighted by molar-refractivity contribution is 5.83. The summed E-state index contributed by atoms with van der Waals surface area (Å²) in [4.78, 5) is 17.3. The van der Waals surface area contributed by atoms with Gasteiger partial charge in [-0.2, -0.15) is 0 Å². The van der Waals surface area contributed by atoms with Gasteiger partial charge in [0.2, 0.25) is 5.91 Å². The molecule has 0 saturated carbocycles. The van der Waals surface area contributed by atoms with Crippen LogP contribution in [-0.4, -0.2) is 61.0 Å². The van der Waals surface area contributed by atoms with Gasteiger partial charge in [-0.25, -0.2) is 0 Å². The van der Waals surface area contributed by atoms with Crippen molar-refractivity contribution in [3.8, 4) is 0 Å². The molecule has 3 saturated heterocycles. The minimum atomic E-state index is -0.139. The summed E-state index contributed by atoms with van der Waals surface area (Å²) in [7, 11) is 0. The monoisotopic (exact) mass is 251 g/mol. The second-order valence-electron chi connectivity index (χ2n) is 6.42. The van der Waals surface area contributed by atoms with E-state index in [2.05, 4.69) is 22.0 Å². The van der Waals surface area contributed by atoms with Crippen LogP contribution in [0, 0.1) is 5.41 Å². The smallest absolute Gasteiger partial charge is 0.229 e. The van der Waals surface area contributed by atoms with Crippen molar-refractivity contribution in [2.75, 3.05) is 39.3 Å². The van der Waals surface area contributed by atoms with Crippen molar-refractivity contribution in [1.29, 1.82) is 0 Å². The number of hydrogen-bond donors (Lipinski definition) is 1. The first-order valence-corrected chi connectivity index (χ1v) is 7.43. The largest absolute Gasteiger partial charge is 0.341 e. The molecule has 0 bridgehead atoms. The van der Waals surface area contributed by atoms with E-state index in [0.29, 0.717) is 11.9 Å². The zero-order valence-corrected chi connectivity index (χ0v) is 11.5. The molecule has 0 aromatic carbocycles. The summed E-state index contributed by atoms with van der Waals surface area (Å²) in [5.41, 5.74) is -0.139. The molecule has 3 aliphatic heterocycles. The van der Waals surface area contributed by atoms with Crippen molar-refractivity contribution >= 4 is 5.91 Å². The van der Waals surface area contributed by atoms with Gasteiger partial charge in [0, 0.05) is 25.7 Å². The van der Waals surface area contributed by atoms with Gasteiger partial charge in [0.15, 0.2) is 0 Å². The Kier molecular flexibility index (Phi) is 3.32. The summed E-state index contributed by atoms with van der Waals surface area (Å²) >= 11 is 0. The first-order chi connectivity index (χ1) is 8.69. The molecule has 3 aliphatic rings. The van der Waals surface area contributed by atoms with E-state index < -0.39 is 0 Å². The van der Waals surface area contributed by atoms with Crippen molar-refractivity contribution in [3.63, 3.8) is 0 Å². The molecule has 3 heterocycles. The first-order valence-electron chi connectivity index (χ1n) is 7.43. The Bertz CT molecular complexity index is 319. The van der Waals surface area contributed by atoms with Gasteiger partial charge in [-0.3, -0.25) is 9.69 Å². The normalized spacial score (nSPS) is 37.6. The fourth-order valence-electron chi connectivity index (χ4n) is 3.71. The quantitative estimate of drug-likeness (QED) is 0.784. The molecule has 2 unspecified atom stereocenters. The average Bonchev–Trinajstić information content (AvgIpc) is 3.09. The highest BCUT2D eigenvalue weighted by Crippen LogP contribution is 2.30. The van der Waals surface area contributed by atoms with Gasteiger partial charge in [-0.05, 0) is 52.2 Å². The van der Waals surface area contributed by atoms with Crippen LogP contribution in [0.3, 0.4) is 0 Å². The molecule has 4 nitrogen and oxygen atoms in total. The van der Waals surface area contributed by atoms with Gasteiger partial charge in [0.05, 0.1) is 5.41 Å². The lowest BCUT2D eigenvalue weighted by Gasteiger charge is -2.29. The maximum atomic E-state index is 12.6. The molecule has 3 rings (SSSR count). The van der Waals surface area contributed by atoms with Crippen LogP contribution >= 0.6 is 0 Å². The van der Waals surface area contributed by atoms with Crippen LogP contribution in [0.5, 0.6) is 0 Å². The van der Waals surface area contributed by atoms with Crippen LogP contribution in [0.2, 0.25) is 0 Å². The fourth-order valence-corrected chi connectivity index (χ4v) is 3.71. The summed E-state index contributed by atoms with van der Waals surface area (Å²) in [5, 5.41) is 3.33. The van der Waals surface area contributed by atoms with E-state index in [1.165, 1.54) is 32.4 Å². The number of carbonyl (C=O) groups is 1. The number of likely N-dealkylation sites (tertiary alicyclic amines) is 2. The third kappa shape index (κ3) is 2.16. The molecule has 2 atom stereocenters. The minimum absolute atomic E-state index is 0.139. The highest BCUT2D eigenvalue weighted by atomic mass is 16.2. The molecule has 18 heavy (non-hydrogen) atoms. The van der Waals surface area contributed by atoms with Crippen molar-refractivity contribution < 1.29 is 4.79 Å². The Hall–Kier alpha value is -0.610. The van der Waals surface area contributed by atoms with Gasteiger partial charge in [0.1, 0.15) is 0 Å². The van der Waals surface area contributed by atoms with Crippen LogP contribution in [0.1, 0.15) is 32.6 Å². The van der Waals surface area contributed by atoms with Gasteiger partial charge < -0.3 is 10.2 Å². The van der Waals surface area contributed by atoms with Crippen molar-refractivity contribution in [1.82, 2.24) is 15.1 Å². The first kappa shape index (κ1) is 12.4. The lowest BCUT2D eigenvalue weighted by atomic mass is 9.88. The van der Waals surface area contributed by atoms with E-state index in [1.807, 2.05) is 0 Å². The van der Waals surface area contributed by atoms with Crippen molar-refractivity contribution in [2.45, 2.75) is 38.6 Å². The van der Waals surface area contributed by atoms with Crippen molar-refractivity contribution in [3.05, 3.63) is 0 Å². The standard InChI is InChI=1S/C14H25N3O/c1-14(5-6-15-11-14)13(18)17-9-4-12(10-17)16-7-2-3-8-16/h12,15H,2-11H2,1H3. The third-order valence-corrected chi connectivity index (χ3v) is 4.99. The molecular weight excluding hydrogens is 226 g/mol. The lowest BCUT2D eigenvalue weighted by molar-refractivity contribution is -0.139. The number of rotatable bonds is 2. The second kappa shape index (κ2) is 4.82. The molecule has 102 valence electrons. The summed E-state index contributed by atoms with van der Waals surface area (Å²) in [6.45, 7) is 8.39. The molecule has 0 aliphatic carbocycles. The van der Waals surface area contributed by atoms with Gasteiger partial charge in [0.25, 0.3) is 0 Å². The number of nitrogens with one attached hydrogen (secondary N) is 1. The molecule has 0 aromatic heterocycles. The Morgan fingerprint density at radius 3 is 2.72 bits per heavy atom. The summed E-state index contributed by atoms with van der Waals surface area (Å²) in [5.74, 6) is 0.384. The molecule has 1 amide bonds. The summed E-state index contributed by atoms with van der Waals surface area (Å²) in [6, 6.07) is 0.634. The average molecular weight is 251 g/mol. The van der Waals surface area contributed by atoms with E-state index >= 15 is 0 Å². The molecule has 0 spiro atoms. The van der Waals surface area contributed by atoms with E-state index in [0.717, 1.165) is 32.6 Å². The van der Waals surface area contributed by atoms with Crippen LogP contribution < -0.4 is 5.32 Å². The van der Waals surface area contributed by atoms with Crippen LogP contribution in [-0.2, 0) is 4.79 Å². The van der Waals surface area contributed by atoms with E-state index in [-0.39, 0.29) is 5.41 Å². The molecule has 1 N–H and O–H groups in total. The van der Waals surface area contributed by atoms with E-state index in [1.54, 1.807) is 0 Å². The highest BCUT2D eigenvalue weighted by Gasteiger charge is 2.42. The summed E-state index contributed by atoms with van der Waals surface area (Å²) < 4.78 is 0. The van der Waals surface area contributed by atoms with Gasteiger partial charge in [-0.15, -0.1) is 0 Å². The number of carbonyl (C=O) groups excluding carboxylic acids is 1. The molecular formula is C14H25N3O. The Balaban J connectivity index is 1.59. The SMILES string of the molecule is CC1(C(=O)N2CCC(N3CCCC3)C2)CCNC1. The van der Waals surface area contributed by atoms with Crippen LogP contribution in [0.25, 0.3) is 0 Å². The van der Waals surface area contributed by atoms with Gasteiger partial charge in [-0.1, -0.05) is 0 Å². The Labute approximate surface area is 110 Å². The number of nitrogens with zero attached hydrogens (tertiary/aromatic N) is 2. The van der Waals surface area contributed by atoms with Crippen LogP contribution in [0.15, 0.2) is 0 Å².